The summed E-state index contributed by atoms with van der Waals surface area (Å²) in [6.45, 7) is 4.31. The first-order valence-corrected chi connectivity index (χ1v) is 6.16. The first-order valence-electron chi connectivity index (χ1n) is 5.36. The molecule has 2 aromatic rings. The molecular weight excluding hydrogens is 284 g/mol. The zero-order valence-electron chi connectivity index (χ0n) is 9.68. The Morgan fingerprint density at radius 3 is 2.76 bits per heavy atom. The van der Waals surface area contributed by atoms with E-state index in [4.69, 9.17) is 9.26 Å². The fraction of sp³-hybridized carbons (Fsp3) is 0.333. The monoisotopic (exact) mass is 296 g/mol. The van der Waals surface area contributed by atoms with Crippen molar-refractivity contribution >= 4 is 15.9 Å². The highest BCUT2D eigenvalue weighted by molar-refractivity contribution is 9.10. The van der Waals surface area contributed by atoms with Crippen LogP contribution >= 0.6 is 15.9 Å². The van der Waals surface area contributed by atoms with Crippen molar-refractivity contribution in [2.75, 3.05) is 0 Å². The molecule has 0 radical (unpaired) electrons. The average Bonchev–Trinajstić information content (AvgIpc) is 2.77. The molecule has 0 N–H and O–H groups in total. The van der Waals surface area contributed by atoms with Gasteiger partial charge in [-0.1, -0.05) is 31.1 Å². The number of benzene rings is 1. The minimum absolute atomic E-state index is 0.260. The second-order valence-electron chi connectivity index (χ2n) is 3.92. The third-order valence-corrected chi connectivity index (χ3v) is 2.84. The van der Waals surface area contributed by atoms with E-state index in [-0.39, 0.29) is 12.5 Å². The Labute approximate surface area is 108 Å². The van der Waals surface area contributed by atoms with Crippen LogP contribution in [0.25, 0.3) is 0 Å². The molecule has 5 heteroatoms. The van der Waals surface area contributed by atoms with Crippen LogP contribution in [0, 0.1) is 0 Å². The normalized spacial score (nSPS) is 10.8. The van der Waals surface area contributed by atoms with Gasteiger partial charge in [0.1, 0.15) is 5.75 Å². The molecule has 1 aromatic heterocycles. The molecule has 0 fully saturated rings. The van der Waals surface area contributed by atoms with Crippen molar-refractivity contribution in [2.45, 2.75) is 26.4 Å². The molecule has 0 bridgehead atoms. The van der Waals surface area contributed by atoms with Crippen LogP contribution in [-0.4, -0.2) is 10.1 Å². The predicted molar refractivity (Wildman–Crippen MR) is 66.9 cm³/mol. The third kappa shape index (κ3) is 3.06. The smallest absolute Gasteiger partial charge is 0.264 e. The standard InChI is InChI=1S/C12H13BrN2O2/c1-8(2)12-14-11(17-15-12)7-16-10-6-4-3-5-9(10)13/h3-6,8H,7H2,1-2H3. The van der Waals surface area contributed by atoms with Crippen molar-refractivity contribution in [1.82, 2.24) is 10.1 Å². The summed E-state index contributed by atoms with van der Waals surface area (Å²) < 4.78 is 11.6. The Kier molecular flexibility index (Phi) is 3.78. The quantitative estimate of drug-likeness (QED) is 0.866. The molecule has 90 valence electrons. The Morgan fingerprint density at radius 2 is 2.12 bits per heavy atom. The number of nitrogens with zero attached hydrogens (tertiary/aromatic N) is 2. The van der Waals surface area contributed by atoms with Crippen LogP contribution in [-0.2, 0) is 6.61 Å². The van der Waals surface area contributed by atoms with E-state index in [9.17, 15) is 0 Å². The van der Waals surface area contributed by atoms with Crippen molar-refractivity contribution in [3.8, 4) is 5.75 Å². The van der Waals surface area contributed by atoms with Crippen molar-refractivity contribution < 1.29 is 9.26 Å². The lowest BCUT2D eigenvalue weighted by Gasteiger charge is -2.04. The van der Waals surface area contributed by atoms with E-state index in [2.05, 4.69) is 26.1 Å². The lowest BCUT2D eigenvalue weighted by molar-refractivity contribution is 0.241. The van der Waals surface area contributed by atoms with Gasteiger partial charge in [-0.2, -0.15) is 4.98 Å². The number of para-hydroxylation sites is 1. The summed E-state index contributed by atoms with van der Waals surface area (Å²) in [6.07, 6.45) is 0. The van der Waals surface area contributed by atoms with Gasteiger partial charge in [0, 0.05) is 5.92 Å². The van der Waals surface area contributed by atoms with E-state index < -0.39 is 0 Å². The first kappa shape index (κ1) is 12.1. The first-order chi connectivity index (χ1) is 8.16. The molecule has 0 atom stereocenters. The summed E-state index contributed by atoms with van der Waals surface area (Å²) in [5.41, 5.74) is 0. The zero-order valence-corrected chi connectivity index (χ0v) is 11.3. The number of hydrogen-bond donors (Lipinski definition) is 0. The van der Waals surface area contributed by atoms with Crippen molar-refractivity contribution in [2.24, 2.45) is 0 Å². The highest BCUT2D eigenvalue weighted by Gasteiger charge is 2.10. The van der Waals surface area contributed by atoms with Gasteiger partial charge in [-0.3, -0.25) is 0 Å². The van der Waals surface area contributed by atoms with Crippen LogP contribution in [0.5, 0.6) is 5.75 Å². The van der Waals surface area contributed by atoms with E-state index in [1.807, 2.05) is 38.1 Å². The average molecular weight is 297 g/mol. The maximum absolute atomic E-state index is 5.57. The Morgan fingerprint density at radius 1 is 1.35 bits per heavy atom. The van der Waals surface area contributed by atoms with E-state index in [0.717, 1.165) is 10.2 Å². The molecule has 0 aliphatic rings. The fourth-order valence-electron chi connectivity index (χ4n) is 1.26. The molecular formula is C12H13BrN2O2. The minimum Gasteiger partial charge on any atom is -0.483 e. The van der Waals surface area contributed by atoms with E-state index >= 15 is 0 Å². The number of hydrogen-bond acceptors (Lipinski definition) is 4. The van der Waals surface area contributed by atoms with Gasteiger partial charge >= 0.3 is 0 Å². The van der Waals surface area contributed by atoms with Crippen LogP contribution < -0.4 is 4.74 Å². The molecule has 4 nitrogen and oxygen atoms in total. The maximum atomic E-state index is 5.57. The molecule has 2 rings (SSSR count). The number of aromatic nitrogens is 2. The summed E-state index contributed by atoms with van der Waals surface area (Å²) in [7, 11) is 0. The molecule has 0 aliphatic carbocycles. The summed E-state index contributed by atoms with van der Waals surface area (Å²) in [6, 6.07) is 7.64. The topological polar surface area (TPSA) is 48.2 Å². The number of rotatable bonds is 4. The van der Waals surface area contributed by atoms with Crippen LogP contribution in [0.4, 0.5) is 0 Å². The Bertz CT molecular complexity index is 497. The van der Waals surface area contributed by atoms with Gasteiger partial charge < -0.3 is 9.26 Å². The summed E-state index contributed by atoms with van der Waals surface area (Å²) in [5.74, 6) is 2.22. The van der Waals surface area contributed by atoms with Crippen molar-refractivity contribution in [3.05, 3.63) is 40.5 Å². The number of ether oxygens (including phenoxy) is 1. The molecule has 0 amide bonds. The number of halogens is 1. The largest absolute Gasteiger partial charge is 0.483 e. The maximum Gasteiger partial charge on any atom is 0.264 e. The SMILES string of the molecule is CC(C)c1noc(COc2ccccc2Br)n1. The van der Waals surface area contributed by atoms with Crippen LogP contribution in [0.3, 0.4) is 0 Å². The third-order valence-electron chi connectivity index (χ3n) is 2.19. The van der Waals surface area contributed by atoms with Gasteiger partial charge in [0.2, 0.25) is 0 Å². The minimum atomic E-state index is 0.260. The summed E-state index contributed by atoms with van der Waals surface area (Å²) >= 11 is 3.41. The van der Waals surface area contributed by atoms with Crippen molar-refractivity contribution in [3.63, 3.8) is 0 Å². The highest BCUT2D eigenvalue weighted by Crippen LogP contribution is 2.24. The van der Waals surface area contributed by atoms with Gasteiger partial charge in [-0.25, -0.2) is 0 Å². The van der Waals surface area contributed by atoms with E-state index in [0.29, 0.717) is 11.7 Å². The molecule has 17 heavy (non-hydrogen) atoms. The Balaban J connectivity index is 2.00. The van der Waals surface area contributed by atoms with Crippen LogP contribution in [0.15, 0.2) is 33.3 Å². The van der Waals surface area contributed by atoms with Gasteiger partial charge in [0.05, 0.1) is 4.47 Å². The van der Waals surface area contributed by atoms with Gasteiger partial charge in [0.25, 0.3) is 5.89 Å². The van der Waals surface area contributed by atoms with Gasteiger partial charge in [-0.05, 0) is 28.1 Å². The van der Waals surface area contributed by atoms with Gasteiger partial charge in [0.15, 0.2) is 12.4 Å². The Hall–Kier alpha value is -1.36. The molecule has 1 aromatic carbocycles. The highest BCUT2D eigenvalue weighted by atomic mass is 79.9. The molecule has 1 heterocycles. The molecule has 0 unspecified atom stereocenters. The van der Waals surface area contributed by atoms with Crippen LogP contribution in [0.1, 0.15) is 31.5 Å². The second kappa shape index (κ2) is 5.31. The van der Waals surface area contributed by atoms with Crippen LogP contribution in [0.2, 0.25) is 0 Å². The predicted octanol–water partition coefficient (Wildman–Crippen LogP) is 3.53. The molecule has 0 spiro atoms. The summed E-state index contributed by atoms with van der Waals surface area (Å²) in [4.78, 5) is 4.24. The zero-order chi connectivity index (χ0) is 12.3. The van der Waals surface area contributed by atoms with E-state index in [1.165, 1.54) is 0 Å². The molecule has 0 saturated heterocycles. The fourth-order valence-corrected chi connectivity index (χ4v) is 1.66. The lowest BCUT2D eigenvalue weighted by Crippen LogP contribution is -1.97. The van der Waals surface area contributed by atoms with Crippen molar-refractivity contribution in [1.29, 1.82) is 0 Å². The lowest BCUT2D eigenvalue weighted by atomic mass is 10.2. The summed E-state index contributed by atoms with van der Waals surface area (Å²) in [5, 5.41) is 3.87. The molecule has 0 saturated carbocycles. The van der Waals surface area contributed by atoms with E-state index in [1.54, 1.807) is 0 Å². The van der Waals surface area contributed by atoms with Gasteiger partial charge in [-0.15, -0.1) is 0 Å². The second-order valence-corrected chi connectivity index (χ2v) is 4.77. The molecule has 0 aliphatic heterocycles.